The summed E-state index contributed by atoms with van der Waals surface area (Å²) in [6.07, 6.45) is 1.83. The molecule has 1 aromatic heterocycles. The van der Waals surface area contributed by atoms with E-state index < -0.39 is 0 Å². The molecule has 0 aliphatic rings. The molecule has 2 N–H and O–H groups in total. The summed E-state index contributed by atoms with van der Waals surface area (Å²) in [6.45, 7) is 9.27. The lowest BCUT2D eigenvalue weighted by Gasteiger charge is -2.09. The van der Waals surface area contributed by atoms with Gasteiger partial charge in [0.15, 0.2) is 0 Å². The van der Waals surface area contributed by atoms with Crippen molar-refractivity contribution in [3.8, 4) is 0 Å². The highest BCUT2D eigenvalue weighted by molar-refractivity contribution is 5.17. The lowest BCUT2D eigenvalue weighted by atomic mass is 10.2. The average Bonchev–Trinajstić information content (AvgIpc) is 2.20. The molecule has 0 spiro atoms. The number of hydrogen-bond acceptors (Lipinski definition) is 3. The molecule has 1 aromatic rings. The van der Waals surface area contributed by atoms with Crippen molar-refractivity contribution in [2.45, 2.75) is 33.4 Å². The number of nitrogens with zero attached hydrogens (tertiary/aromatic N) is 1. The first kappa shape index (κ1) is 12.1. The minimum atomic E-state index is 0.562. The second-order valence-corrected chi connectivity index (χ2v) is 4.03. The predicted molar refractivity (Wildman–Crippen MR) is 63.8 cm³/mol. The van der Waals surface area contributed by atoms with Gasteiger partial charge in [-0.3, -0.25) is 4.98 Å². The number of aromatic nitrogens is 1. The van der Waals surface area contributed by atoms with Crippen molar-refractivity contribution < 1.29 is 0 Å². The molecule has 0 bridgehead atoms. The van der Waals surface area contributed by atoms with E-state index in [1.807, 2.05) is 19.2 Å². The summed E-state index contributed by atoms with van der Waals surface area (Å²) in [7, 11) is 0. The molecule has 0 radical (unpaired) electrons. The Balaban J connectivity index is 2.18. The zero-order chi connectivity index (χ0) is 11.1. The molecule has 1 rings (SSSR count). The van der Waals surface area contributed by atoms with Crippen molar-refractivity contribution >= 4 is 0 Å². The number of hydrogen-bond donors (Lipinski definition) is 2. The minimum absolute atomic E-state index is 0.562. The molecule has 3 nitrogen and oxygen atoms in total. The summed E-state index contributed by atoms with van der Waals surface area (Å²) >= 11 is 0. The van der Waals surface area contributed by atoms with Gasteiger partial charge in [-0.25, -0.2) is 0 Å². The average molecular weight is 207 g/mol. The first-order chi connectivity index (χ1) is 7.20. The Labute approximate surface area is 92.3 Å². The van der Waals surface area contributed by atoms with E-state index in [0.717, 1.165) is 25.3 Å². The van der Waals surface area contributed by atoms with Gasteiger partial charge >= 0.3 is 0 Å². The van der Waals surface area contributed by atoms with Gasteiger partial charge < -0.3 is 10.6 Å². The van der Waals surface area contributed by atoms with Crippen LogP contribution in [0.1, 0.15) is 25.1 Å². The number of nitrogens with one attached hydrogen (secondary N) is 2. The standard InChI is InChI=1S/C12H21N3/c1-10(2)14-8-7-13-9-12-5-4-6-15-11(12)3/h4-6,10,13-14H,7-9H2,1-3H3. The van der Waals surface area contributed by atoms with E-state index in [0.29, 0.717) is 6.04 Å². The molecular weight excluding hydrogens is 186 g/mol. The van der Waals surface area contributed by atoms with Gasteiger partial charge in [-0.15, -0.1) is 0 Å². The fourth-order valence-electron chi connectivity index (χ4n) is 1.38. The van der Waals surface area contributed by atoms with Crippen LogP contribution < -0.4 is 10.6 Å². The van der Waals surface area contributed by atoms with Crippen molar-refractivity contribution in [2.24, 2.45) is 0 Å². The highest BCUT2D eigenvalue weighted by Crippen LogP contribution is 2.01. The van der Waals surface area contributed by atoms with Gasteiger partial charge in [0, 0.05) is 37.6 Å². The number of pyridine rings is 1. The van der Waals surface area contributed by atoms with Crippen LogP contribution in [0.4, 0.5) is 0 Å². The van der Waals surface area contributed by atoms with Gasteiger partial charge in [-0.1, -0.05) is 19.9 Å². The van der Waals surface area contributed by atoms with Gasteiger partial charge in [0.05, 0.1) is 0 Å². The fraction of sp³-hybridized carbons (Fsp3) is 0.583. The molecule has 84 valence electrons. The third-order valence-electron chi connectivity index (χ3n) is 2.29. The van der Waals surface area contributed by atoms with Crippen molar-refractivity contribution in [1.29, 1.82) is 0 Å². The van der Waals surface area contributed by atoms with E-state index in [1.165, 1.54) is 5.56 Å². The molecular formula is C12H21N3. The molecule has 0 aromatic carbocycles. The second kappa shape index (κ2) is 6.53. The molecule has 0 atom stereocenters. The van der Waals surface area contributed by atoms with Gasteiger partial charge in [0.25, 0.3) is 0 Å². The summed E-state index contributed by atoms with van der Waals surface area (Å²) in [5.74, 6) is 0. The maximum absolute atomic E-state index is 4.25. The largest absolute Gasteiger partial charge is 0.313 e. The summed E-state index contributed by atoms with van der Waals surface area (Å²) in [5, 5.41) is 6.76. The Hall–Kier alpha value is -0.930. The quantitative estimate of drug-likeness (QED) is 0.694. The van der Waals surface area contributed by atoms with E-state index >= 15 is 0 Å². The van der Waals surface area contributed by atoms with Crippen LogP contribution in [0.2, 0.25) is 0 Å². The van der Waals surface area contributed by atoms with Gasteiger partial charge in [0.2, 0.25) is 0 Å². The Morgan fingerprint density at radius 1 is 1.33 bits per heavy atom. The molecule has 0 aliphatic carbocycles. The van der Waals surface area contributed by atoms with Crippen LogP contribution in [-0.2, 0) is 6.54 Å². The molecule has 0 saturated carbocycles. The van der Waals surface area contributed by atoms with Gasteiger partial charge in [-0.05, 0) is 18.6 Å². The van der Waals surface area contributed by atoms with Crippen molar-refractivity contribution in [3.63, 3.8) is 0 Å². The van der Waals surface area contributed by atoms with Crippen molar-refractivity contribution in [2.75, 3.05) is 13.1 Å². The van der Waals surface area contributed by atoms with E-state index in [9.17, 15) is 0 Å². The molecule has 0 unspecified atom stereocenters. The first-order valence-electron chi connectivity index (χ1n) is 5.54. The molecule has 0 aliphatic heterocycles. The summed E-state index contributed by atoms with van der Waals surface area (Å²) in [6, 6.07) is 4.66. The summed E-state index contributed by atoms with van der Waals surface area (Å²) in [4.78, 5) is 4.25. The highest BCUT2D eigenvalue weighted by atomic mass is 15.0. The Morgan fingerprint density at radius 3 is 2.80 bits per heavy atom. The van der Waals surface area contributed by atoms with Gasteiger partial charge in [-0.2, -0.15) is 0 Å². The Bertz CT molecular complexity index is 284. The Morgan fingerprint density at radius 2 is 2.13 bits per heavy atom. The Kier molecular flexibility index (Phi) is 5.29. The van der Waals surface area contributed by atoms with Gasteiger partial charge in [0.1, 0.15) is 0 Å². The molecule has 0 fully saturated rings. The molecule has 0 amide bonds. The SMILES string of the molecule is Cc1ncccc1CNCCNC(C)C. The maximum Gasteiger partial charge on any atom is 0.0417 e. The zero-order valence-corrected chi connectivity index (χ0v) is 9.88. The third-order valence-corrected chi connectivity index (χ3v) is 2.29. The maximum atomic E-state index is 4.25. The van der Waals surface area contributed by atoms with Crippen molar-refractivity contribution in [3.05, 3.63) is 29.6 Å². The summed E-state index contributed by atoms with van der Waals surface area (Å²) in [5.41, 5.74) is 2.39. The second-order valence-electron chi connectivity index (χ2n) is 4.03. The molecule has 15 heavy (non-hydrogen) atoms. The number of rotatable bonds is 6. The fourth-order valence-corrected chi connectivity index (χ4v) is 1.38. The highest BCUT2D eigenvalue weighted by Gasteiger charge is 1.97. The van der Waals surface area contributed by atoms with Crippen LogP contribution in [0.3, 0.4) is 0 Å². The topological polar surface area (TPSA) is 37.0 Å². The van der Waals surface area contributed by atoms with E-state index in [2.05, 4.69) is 35.5 Å². The van der Waals surface area contributed by atoms with Crippen LogP contribution in [0, 0.1) is 6.92 Å². The smallest absolute Gasteiger partial charge is 0.0417 e. The third kappa shape index (κ3) is 4.91. The number of aryl methyl sites for hydroxylation is 1. The van der Waals surface area contributed by atoms with Crippen LogP contribution >= 0.6 is 0 Å². The molecule has 1 heterocycles. The zero-order valence-electron chi connectivity index (χ0n) is 9.88. The van der Waals surface area contributed by atoms with Crippen LogP contribution in [0.15, 0.2) is 18.3 Å². The van der Waals surface area contributed by atoms with E-state index in [-0.39, 0.29) is 0 Å². The lowest BCUT2D eigenvalue weighted by Crippen LogP contribution is -2.31. The van der Waals surface area contributed by atoms with Crippen LogP contribution in [0.5, 0.6) is 0 Å². The van der Waals surface area contributed by atoms with E-state index in [4.69, 9.17) is 0 Å². The normalized spacial score (nSPS) is 10.9. The molecule has 0 saturated heterocycles. The minimum Gasteiger partial charge on any atom is -0.313 e. The molecule has 3 heteroatoms. The summed E-state index contributed by atoms with van der Waals surface area (Å²) < 4.78 is 0. The van der Waals surface area contributed by atoms with Crippen LogP contribution in [-0.4, -0.2) is 24.1 Å². The predicted octanol–water partition coefficient (Wildman–Crippen LogP) is 1.48. The first-order valence-corrected chi connectivity index (χ1v) is 5.54. The monoisotopic (exact) mass is 207 g/mol. The van der Waals surface area contributed by atoms with E-state index in [1.54, 1.807) is 0 Å². The lowest BCUT2D eigenvalue weighted by molar-refractivity contribution is 0.555. The van der Waals surface area contributed by atoms with Crippen LogP contribution in [0.25, 0.3) is 0 Å². The van der Waals surface area contributed by atoms with Crippen molar-refractivity contribution in [1.82, 2.24) is 15.6 Å².